The second-order valence-electron chi connectivity index (χ2n) is 5.85. The standard InChI is InChI=1S/C16H19ClFN3/c1-20-9-13(8-19-20)6-12-4-5-21(10-12)11-14-2-3-15(18)7-16(14)17/h2-3,7-9,12H,4-6,10-11H2,1H3. The summed E-state index contributed by atoms with van der Waals surface area (Å²) < 4.78 is 14.9. The number of benzene rings is 1. The molecule has 2 heterocycles. The van der Waals surface area contributed by atoms with E-state index in [0.717, 1.165) is 31.6 Å². The van der Waals surface area contributed by atoms with Crippen LogP contribution < -0.4 is 0 Å². The molecule has 1 aliphatic rings. The molecule has 0 saturated carbocycles. The van der Waals surface area contributed by atoms with Crippen molar-refractivity contribution in [3.8, 4) is 0 Å². The fourth-order valence-corrected chi connectivity index (χ4v) is 3.25. The summed E-state index contributed by atoms with van der Waals surface area (Å²) in [4.78, 5) is 2.39. The number of nitrogens with zero attached hydrogens (tertiary/aromatic N) is 3. The molecule has 0 N–H and O–H groups in total. The van der Waals surface area contributed by atoms with Crippen molar-refractivity contribution in [2.75, 3.05) is 13.1 Å². The van der Waals surface area contributed by atoms with Crippen molar-refractivity contribution in [3.05, 3.63) is 52.6 Å². The van der Waals surface area contributed by atoms with E-state index < -0.39 is 0 Å². The summed E-state index contributed by atoms with van der Waals surface area (Å²) in [7, 11) is 1.95. The molecule has 3 rings (SSSR count). The Kier molecular flexibility index (Phi) is 4.27. The smallest absolute Gasteiger partial charge is 0.124 e. The molecule has 5 heteroatoms. The second-order valence-corrected chi connectivity index (χ2v) is 6.26. The summed E-state index contributed by atoms with van der Waals surface area (Å²) in [5.74, 6) is 0.382. The van der Waals surface area contributed by atoms with Crippen molar-refractivity contribution in [1.29, 1.82) is 0 Å². The van der Waals surface area contributed by atoms with E-state index in [1.807, 2.05) is 17.9 Å². The van der Waals surface area contributed by atoms with Gasteiger partial charge in [0, 0.05) is 31.4 Å². The molecule has 1 aromatic carbocycles. The Morgan fingerprint density at radius 1 is 1.43 bits per heavy atom. The van der Waals surface area contributed by atoms with Crippen LogP contribution in [-0.2, 0) is 20.0 Å². The molecule has 21 heavy (non-hydrogen) atoms. The van der Waals surface area contributed by atoms with Crippen LogP contribution in [-0.4, -0.2) is 27.8 Å². The number of hydrogen-bond donors (Lipinski definition) is 0. The topological polar surface area (TPSA) is 21.1 Å². The molecular formula is C16H19ClFN3. The first-order valence-corrected chi connectivity index (χ1v) is 7.62. The predicted molar refractivity (Wildman–Crippen MR) is 81.7 cm³/mol. The third-order valence-electron chi connectivity index (χ3n) is 4.06. The predicted octanol–water partition coefficient (Wildman–Crippen LogP) is 3.28. The Hall–Kier alpha value is -1.39. The van der Waals surface area contributed by atoms with Crippen molar-refractivity contribution in [1.82, 2.24) is 14.7 Å². The molecule has 0 radical (unpaired) electrons. The molecule has 1 fully saturated rings. The molecule has 0 bridgehead atoms. The maximum atomic E-state index is 13.1. The molecule has 0 amide bonds. The average Bonchev–Trinajstić information content (AvgIpc) is 3.03. The zero-order valence-electron chi connectivity index (χ0n) is 12.1. The molecule has 1 aromatic heterocycles. The van der Waals surface area contributed by atoms with Gasteiger partial charge in [-0.3, -0.25) is 9.58 Å². The number of aromatic nitrogens is 2. The van der Waals surface area contributed by atoms with E-state index in [2.05, 4.69) is 16.2 Å². The van der Waals surface area contributed by atoms with Gasteiger partial charge in [0.05, 0.1) is 6.20 Å². The monoisotopic (exact) mass is 307 g/mol. The molecule has 1 atom stereocenters. The number of hydrogen-bond acceptors (Lipinski definition) is 2. The van der Waals surface area contributed by atoms with E-state index >= 15 is 0 Å². The van der Waals surface area contributed by atoms with Crippen LogP contribution in [0.25, 0.3) is 0 Å². The Bertz CT molecular complexity index is 626. The maximum absolute atomic E-state index is 13.1. The van der Waals surface area contributed by atoms with Crippen LogP contribution in [0.3, 0.4) is 0 Å². The van der Waals surface area contributed by atoms with E-state index in [1.54, 1.807) is 6.07 Å². The lowest BCUT2D eigenvalue weighted by atomic mass is 10.0. The quantitative estimate of drug-likeness (QED) is 0.864. The summed E-state index contributed by atoms with van der Waals surface area (Å²) in [5, 5.41) is 4.73. The lowest BCUT2D eigenvalue weighted by molar-refractivity contribution is 0.316. The van der Waals surface area contributed by atoms with Gasteiger partial charge in [0.1, 0.15) is 5.82 Å². The Morgan fingerprint density at radius 2 is 2.29 bits per heavy atom. The van der Waals surface area contributed by atoms with Gasteiger partial charge in [0.25, 0.3) is 0 Å². The van der Waals surface area contributed by atoms with Gasteiger partial charge in [0.15, 0.2) is 0 Å². The highest BCUT2D eigenvalue weighted by Crippen LogP contribution is 2.25. The molecule has 3 nitrogen and oxygen atoms in total. The van der Waals surface area contributed by atoms with Crippen molar-refractivity contribution >= 4 is 11.6 Å². The van der Waals surface area contributed by atoms with Crippen LogP contribution in [0, 0.1) is 11.7 Å². The average molecular weight is 308 g/mol. The Labute approximate surface area is 129 Å². The zero-order chi connectivity index (χ0) is 14.8. The molecule has 112 valence electrons. The van der Waals surface area contributed by atoms with Crippen molar-refractivity contribution in [2.24, 2.45) is 13.0 Å². The first-order chi connectivity index (χ1) is 10.1. The Balaban J connectivity index is 1.57. The summed E-state index contributed by atoms with van der Waals surface area (Å²) in [6, 6.07) is 4.65. The molecule has 1 unspecified atom stereocenters. The van der Waals surface area contributed by atoms with E-state index in [4.69, 9.17) is 11.6 Å². The summed E-state index contributed by atoms with van der Waals surface area (Å²) in [6.45, 7) is 2.92. The fraction of sp³-hybridized carbons (Fsp3) is 0.438. The van der Waals surface area contributed by atoms with Gasteiger partial charge in [-0.05, 0) is 48.6 Å². The highest BCUT2D eigenvalue weighted by atomic mass is 35.5. The zero-order valence-corrected chi connectivity index (χ0v) is 12.9. The summed E-state index contributed by atoms with van der Waals surface area (Å²) in [6.07, 6.45) is 6.29. The van der Waals surface area contributed by atoms with E-state index in [1.165, 1.54) is 24.1 Å². The number of aryl methyl sites for hydroxylation is 1. The van der Waals surface area contributed by atoms with Gasteiger partial charge < -0.3 is 0 Å². The van der Waals surface area contributed by atoms with E-state index in [0.29, 0.717) is 10.9 Å². The van der Waals surface area contributed by atoms with Crippen LogP contribution in [0.4, 0.5) is 4.39 Å². The minimum absolute atomic E-state index is 0.278. The van der Waals surface area contributed by atoms with Gasteiger partial charge in [-0.15, -0.1) is 0 Å². The third-order valence-corrected chi connectivity index (χ3v) is 4.41. The normalized spacial score (nSPS) is 19.3. The number of likely N-dealkylation sites (tertiary alicyclic amines) is 1. The highest BCUT2D eigenvalue weighted by Gasteiger charge is 2.23. The minimum atomic E-state index is -0.278. The SMILES string of the molecule is Cn1cc(CC2CCN(Cc3ccc(F)cc3Cl)C2)cn1. The summed E-state index contributed by atoms with van der Waals surface area (Å²) >= 11 is 6.10. The number of halogens is 2. The van der Waals surface area contributed by atoms with Crippen LogP contribution in [0.1, 0.15) is 17.5 Å². The lowest BCUT2D eigenvalue weighted by Gasteiger charge is -2.16. The van der Waals surface area contributed by atoms with Crippen LogP contribution in [0.15, 0.2) is 30.6 Å². The van der Waals surface area contributed by atoms with Gasteiger partial charge in [-0.2, -0.15) is 5.10 Å². The molecule has 1 aliphatic heterocycles. The Morgan fingerprint density at radius 3 is 3.00 bits per heavy atom. The van der Waals surface area contributed by atoms with Gasteiger partial charge in [-0.25, -0.2) is 4.39 Å². The van der Waals surface area contributed by atoms with Crippen molar-refractivity contribution < 1.29 is 4.39 Å². The third kappa shape index (κ3) is 3.63. The van der Waals surface area contributed by atoms with Crippen LogP contribution >= 0.6 is 11.6 Å². The van der Waals surface area contributed by atoms with Gasteiger partial charge in [-0.1, -0.05) is 17.7 Å². The first-order valence-electron chi connectivity index (χ1n) is 7.24. The molecule has 2 aromatic rings. The number of rotatable bonds is 4. The highest BCUT2D eigenvalue weighted by molar-refractivity contribution is 6.31. The first kappa shape index (κ1) is 14.5. The lowest BCUT2D eigenvalue weighted by Crippen LogP contribution is -2.20. The second kappa shape index (κ2) is 6.16. The van der Waals surface area contributed by atoms with Gasteiger partial charge in [0.2, 0.25) is 0 Å². The maximum Gasteiger partial charge on any atom is 0.124 e. The van der Waals surface area contributed by atoms with E-state index in [9.17, 15) is 4.39 Å². The minimum Gasteiger partial charge on any atom is -0.299 e. The van der Waals surface area contributed by atoms with Crippen LogP contribution in [0.5, 0.6) is 0 Å². The van der Waals surface area contributed by atoms with Gasteiger partial charge >= 0.3 is 0 Å². The van der Waals surface area contributed by atoms with Crippen LogP contribution in [0.2, 0.25) is 5.02 Å². The molecule has 0 spiro atoms. The molecular weight excluding hydrogens is 289 g/mol. The van der Waals surface area contributed by atoms with Crippen molar-refractivity contribution in [3.63, 3.8) is 0 Å². The molecule has 0 aliphatic carbocycles. The largest absolute Gasteiger partial charge is 0.299 e. The summed E-state index contributed by atoms with van der Waals surface area (Å²) in [5.41, 5.74) is 2.30. The fourth-order valence-electron chi connectivity index (χ4n) is 3.02. The van der Waals surface area contributed by atoms with E-state index in [-0.39, 0.29) is 5.82 Å². The van der Waals surface area contributed by atoms with Crippen molar-refractivity contribution in [2.45, 2.75) is 19.4 Å². The molecule has 1 saturated heterocycles.